The number of carbonyl (C=O) groups excluding carboxylic acids is 2. The Morgan fingerprint density at radius 3 is 2.49 bits per heavy atom. The Morgan fingerprint density at radius 2 is 1.74 bits per heavy atom. The second-order valence-corrected chi connectivity index (χ2v) is 10.1. The lowest BCUT2D eigenvalue weighted by molar-refractivity contribution is -0.121. The van der Waals surface area contributed by atoms with Gasteiger partial charge in [-0.1, -0.05) is 42.5 Å². The summed E-state index contributed by atoms with van der Waals surface area (Å²) in [4.78, 5) is 27.4. The molecule has 0 saturated carbocycles. The molecule has 1 saturated heterocycles. The predicted octanol–water partition coefficient (Wildman–Crippen LogP) is 3.38. The SMILES string of the molecule is CCN(C(=O)COC(=O)c1cc(S(=O)(=O)N2CCOCC2)ccc1C)c1cccc2ccccc12. The number of benzene rings is 3. The zero-order valence-corrected chi connectivity index (χ0v) is 20.6. The van der Waals surface area contributed by atoms with E-state index in [2.05, 4.69) is 0 Å². The first-order chi connectivity index (χ1) is 16.8. The number of aryl methyl sites for hydroxylation is 1. The summed E-state index contributed by atoms with van der Waals surface area (Å²) in [5.74, 6) is -1.12. The summed E-state index contributed by atoms with van der Waals surface area (Å²) in [5, 5.41) is 1.93. The number of nitrogens with zero attached hydrogens (tertiary/aromatic N) is 2. The van der Waals surface area contributed by atoms with Gasteiger partial charge in [-0.05, 0) is 43.0 Å². The molecule has 9 heteroatoms. The molecule has 3 aromatic rings. The molecule has 1 amide bonds. The molecule has 0 aliphatic carbocycles. The number of anilines is 1. The number of hydrogen-bond acceptors (Lipinski definition) is 6. The van der Waals surface area contributed by atoms with Gasteiger partial charge < -0.3 is 14.4 Å². The van der Waals surface area contributed by atoms with Crippen LogP contribution in [0.25, 0.3) is 10.8 Å². The van der Waals surface area contributed by atoms with Gasteiger partial charge in [-0.25, -0.2) is 13.2 Å². The molecule has 0 N–H and O–H groups in total. The van der Waals surface area contributed by atoms with E-state index in [0.717, 1.165) is 16.5 Å². The molecular weight excluding hydrogens is 468 g/mol. The van der Waals surface area contributed by atoms with Crippen molar-refractivity contribution < 1.29 is 27.5 Å². The van der Waals surface area contributed by atoms with E-state index >= 15 is 0 Å². The van der Waals surface area contributed by atoms with Crippen LogP contribution in [-0.4, -0.2) is 64.1 Å². The maximum Gasteiger partial charge on any atom is 0.338 e. The number of ether oxygens (including phenoxy) is 2. The summed E-state index contributed by atoms with van der Waals surface area (Å²) >= 11 is 0. The number of carbonyl (C=O) groups is 2. The highest BCUT2D eigenvalue weighted by Gasteiger charge is 2.28. The van der Waals surface area contributed by atoms with Gasteiger partial charge in [0.2, 0.25) is 10.0 Å². The Morgan fingerprint density at radius 1 is 1.03 bits per heavy atom. The summed E-state index contributed by atoms with van der Waals surface area (Å²) in [6.45, 7) is 4.65. The van der Waals surface area contributed by atoms with E-state index in [1.54, 1.807) is 17.9 Å². The zero-order valence-electron chi connectivity index (χ0n) is 19.8. The predicted molar refractivity (Wildman–Crippen MR) is 133 cm³/mol. The lowest BCUT2D eigenvalue weighted by atomic mass is 10.1. The molecule has 0 atom stereocenters. The zero-order chi connectivity index (χ0) is 25.0. The Balaban J connectivity index is 1.50. The van der Waals surface area contributed by atoms with Gasteiger partial charge in [-0.15, -0.1) is 0 Å². The molecule has 184 valence electrons. The molecule has 8 nitrogen and oxygen atoms in total. The van der Waals surface area contributed by atoms with Gasteiger partial charge in [-0.2, -0.15) is 4.31 Å². The summed E-state index contributed by atoms with van der Waals surface area (Å²) < 4.78 is 37.9. The minimum absolute atomic E-state index is 0.00853. The van der Waals surface area contributed by atoms with Crippen molar-refractivity contribution in [1.29, 1.82) is 0 Å². The number of fused-ring (bicyclic) bond motifs is 1. The van der Waals surface area contributed by atoms with Crippen LogP contribution in [0.2, 0.25) is 0 Å². The van der Waals surface area contributed by atoms with Crippen LogP contribution >= 0.6 is 0 Å². The maximum atomic E-state index is 13.0. The van der Waals surface area contributed by atoms with Crippen molar-refractivity contribution in [3.05, 3.63) is 71.8 Å². The molecule has 1 fully saturated rings. The van der Waals surface area contributed by atoms with Gasteiger partial charge in [0.25, 0.3) is 5.91 Å². The fourth-order valence-electron chi connectivity index (χ4n) is 4.13. The van der Waals surface area contributed by atoms with Crippen molar-refractivity contribution in [2.45, 2.75) is 18.7 Å². The number of rotatable bonds is 7. The van der Waals surface area contributed by atoms with E-state index in [1.807, 2.05) is 49.4 Å². The second kappa shape index (κ2) is 10.6. The highest BCUT2D eigenvalue weighted by atomic mass is 32.2. The van der Waals surface area contributed by atoms with Crippen LogP contribution in [0.5, 0.6) is 0 Å². The minimum Gasteiger partial charge on any atom is -0.452 e. The fourth-order valence-corrected chi connectivity index (χ4v) is 5.56. The van der Waals surface area contributed by atoms with Gasteiger partial charge in [0.15, 0.2) is 6.61 Å². The topological polar surface area (TPSA) is 93.2 Å². The third-order valence-corrected chi connectivity index (χ3v) is 7.93. The highest BCUT2D eigenvalue weighted by molar-refractivity contribution is 7.89. The molecular formula is C26H28N2O6S. The smallest absolute Gasteiger partial charge is 0.338 e. The van der Waals surface area contributed by atoms with E-state index in [0.29, 0.717) is 25.3 Å². The van der Waals surface area contributed by atoms with Crippen LogP contribution in [0.4, 0.5) is 5.69 Å². The van der Waals surface area contributed by atoms with Crippen molar-refractivity contribution >= 4 is 38.4 Å². The lowest BCUT2D eigenvalue weighted by Gasteiger charge is -2.26. The minimum atomic E-state index is -3.77. The van der Waals surface area contributed by atoms with Gasteiger partial charge in [0.1, 0.15) is 0 Å². The molecule has 0 unspecified atom stereocenters. The van der Waals surface area contributed by atoms with Gasteiger partial charge in [0.05, 0.1) is 29.4 Å². The van der Waals surface area contributed by atoms with Crippen LogP contribution in [-0.2, 0) is 24.3 Å². The largest absolute Gasteiger partial charge is 0.452 e. The monoisotopic (exact) mass is 496 g/mol. The quantitative estimate of drug-likeness (QED) is 0.466. The maximum absolute atomic E-state index is 13.0. The van der Waals surface area contributed by atoms with Gasteiger partial charge in [-0.3, -0.25) is 4.79 Å². The van der Waals surface area contributed by atoms with Gasteiger partial charge in [0, 0.05) is 25.0 Å². The number of likely N-dealkylation sites (N-methyl/N-ethyl adjacent to an activating group) is 1. The molecule has 0 bridgehead atoms. The lowest BCUT2D eigenvalue weighted by Crippen LogP contribution is -2.40. The summed E-state index contributed by atoms with van der Waals surface area (Å²) in [6.07, 6.45) is 0. The average Bonchev–Trinajstić information content (AvgIpc) is 2.88. The van der Waals surface area contributed by atoms with Crippen LogP contribution in [0.15, 0.2) is 65.6 Å². The molecule has 0 spiro atoms. The van der Waals surface area contributed by atoms with Crippen molar-refractivity contribution in [2.75, 3.05) is 44.4 Å². The Bertz CT molecular complexity index is 1340. The number of esters is 1. The molecule has 4 rings (SSSR count). The van der Waals surface area contributed by atoms with Crippen LogP contribution in [0.1, 0.15) is 22.8 Å². The Labute approximate surface area is 205 Å². The van der Waals surface area contributed by atoms with Gasteiger partial charge >= 0.3 is 5.97 Å². The van der Waals surface area contributed by atoms with E-state index < -0.39 is 22.6 Å². The number of hydrogen-bond donors (Lipinski definition) is 0. The standard InChI is InChI=1S/C26H28N2O6S/c1-3-28(24-10-6-8-20-7-4-5-9-22(20)24)25(29)18-34-26(30)23-17-21(12-11-19(23)2)35(31,32)27-13-15-33-16-14-27/h4-12,17H,3,13-16,18H2,1-2H3. The number of morpholine rings is 1. The second-order valence-electron chi connectivity index (χ2n) is 8.21. The van der Waals surface area contributed by atoms with E-state index in [1.165, 1.54) is 16.4 Å². The van der Waals surface area contributed by atoms with Crippen molar-refractivity contribution in [3.8, 4) is 0 Å². The van der Waals surface area contributed by atoms with E-state index in [4.69, 9.17) is 9.47 Å². The molecule has 0 aromatic heterocycles. The number of amides is 1. The summed E-state index contributed by atoms with van der Waals surface area (Å²) in [6, 6.07) is 17.8. The first kappa shape index (κ1) is 24.8. The van der Waals surface area contributed by atoms with Crippen LogP contribution < -0.4 is 4.90 Å². The Kier molecular flexibility index (Phi) is 7.49. The molecule has 1 aliphatic rings. The highest BCUT2D eigenvalue weighted by Crippen LogP contribution is 2.27. The normalized spacial score (nSPS) is 14.6. The summed E-state index contributed by atoms with van der Waals surface area (Å²) in [7, 11) is -3.77. The third-order valence-electron chi connectivity index (χ3n) is 6.04. The first-order valence-electron chi connectivity index (χ1n) is 11.5. The number of sulfonamides is 1. The molecule has 0 radical (unpaired) electrons. The first-order valence-corrected chi connectivity index (χ1v) is 12.9. The molecule has 1 aliphatic heterocycles. The van der Waals surface area contributed by atoms with Crippen molar-refractivity contribution in [3.63, 3.8) is 0 Å². The van der Waals surface area contributed by atoms with E-state index in [9.17, 15) is 18.0 Å². The summed E-state index contributed by atoms with van der Waals surface area (Å²) in [5.41, 5.74) is 1.41. The average molecular weight is 497 g/mol. The fraction of sp³-hybridized carbons (Fsp3) is 0.308. The van der Waals surface area contributed by atoms with E-state index in [-0.39, 0.29) is 29.5 Å². The van der Waals surface area contributed by atoms with Crippen molar-refractivity contribution in [2.24, 2.45) is 0 Å². The molecule has 1 heterocycles. The van der Waals surface area contributed by atoms with Crippen LogP contribution in [0, 0.1) is 6.92 Å². The third kappa shape index (κ3) is 5.22. The Hall–Kier alpha value is -3.27. The molecule has 3 aromatic carbocycles. The molecule has 35 heavy (non-hydrogen) atoms. The van der Waals surface area contributed by atoms with Crippen molar-refractivity contribution in [1.82, 2.24) is 4.31 Å². The van der Waals surface area contributed by atoms with Crippen LogP contribution in [0.3, 0.4) is 0 Å².